The summed E-state index contributed by atoms with van der Waals surface area (Å²) in [5.41, 5.74) is 8.28. The Morgan fingerprint density at radius 1 is 1.29 bits per heavy atom. The van der Waals surface area contributed by atoms with Gasteiger partial charge < -0.3 is 10.3 Å². The minimum Gasteiger partial charge on any atom is -0.365 e. The number of nitrogens with zero attached hydrogens (tertiary/aromatic N) is 2. The second-order valence-corrected chi connectivity index (χ2v) is 6.73. The number of thiophene rings is 1. The molecule has 4 nitrogen and oxygen atoms in total. The van der Waals surface area contributed by atoms with Crippen LogP contribution >= 0.6 is 33.9 Å². The van der Waals surface area contributed by atoms with Crippen LogP contribution in [-0.2, 0) is 6.42 Å². The van der Waals surface area contributed by atoms with Crippen molar-refractivity contribution in [3.8, 4) is 5.69 Å². The van der Waals surface area contributed by atoms with Gasteiger partial charge in [-0.25, -0.2) is 4.98 Å². The van der Waals surface area contributed by atoms with Gasteiger partial charge in [0.2, 0.25) is 0 Å². The minimum absolute atomic E-state index is 0.378. The summed E-state index contributed by atoms with van der Waals surface area (Å²) in [4.78, 5) is 16.4. The van der Waals surface area contributed by atoms with Crippen LogP contribution in [0.15, 0.2) is 48.2 Å². The summed E-state index contributed by atoms with van der Waals surface area (Å²) in [5.74, 6) is -0.378. The first-order valence-corrected chi connectivity index (χ1v) is 8.24. The van der Waals surface area contributed by atoms with Crippen molar-refractivity contribution in [2.45, 2.75) is 6.42 Å². The molecule has 0 aliphatic heterocycles. The molecule has 3 rings (SSSR count). The highest BCUT2D eigenvalue weighted by Crippen LogP contribution is 2.20. The number of imidazole rings is 1. The second-order valence-electron chi connectivity index (χ2n) is 4.56. The molecule has 1 aromatic carbocycles. The smallest absolute Gasteiger partial charge is 0.259 e. The molecule has 3 aromatic rings. The van der Waals surface area contributed by atoms with Crippen molar-refractivity contribution in [2.24, 2.45) is 5.73 Å². The van der Waals surface area contributed by atoms with E-state index in [1.165, 1.54) is 14.9 Å². The average molecular weight is 409 g/mol. The second kappa shape index (κ2) is 5.98. The van der Waals surface area contributed by atoms with Crippen LogP contribution in [0.25, 0.3) is 5.69 Å². The molecule has 6 heteroatoms. The Balaban J connectivity index is 1.83. The van der Waals surface area contributed by atoms with Gasteiger partial charge in [-0.15, -0.1) is 11.3 Å². The third kappa shape index (κ3) is 3.16. The molecule has 0 atom stereocenters. The maximum absolute atomic E-state index is 11.3. The van der Waals surface area contributed by atoms with Crippen LogP contribution in [0.1, 0.15) is 20.9 Å². The SMILES string of the molecule is NC(=O)c1sccc1Cc1cn(-c2ccc(I)cc2)cn1. The third-order valence-electron chi connectivity index (χ3n) is 3.10. The zero-order valence-electron chi connectivity index (χ0n) is 11.0. The Morgan fingerprint density at radius 3 is 2.76 bits per heavy atom. The number of amides is 1. The first kappa shape index (κ1) is 14.3. The molecule has 0 unspecified atom stereocenters. The van der Waals surface area contributed by atoms with E-state index in [0.717, 1.165) is 16.9 Å². The van der Waals surface area contributed by atoms with E-state index in [0.29, 0.717) is 11.3 Å². The molecular weight excluding hydrogens is 397 g/mol. The van der Waals surface area contributed by atoms with Crippen molar-refractivity contribution < 1.29 is 4.79 Å². The lowest BCUT2D eigenvalue weighted by Crippen LogP contribution is -2.11. The molecular formula is C15H12IN3OS. The maximum Gasteiger partial charge on any atom is 0.259 e. The van der Waals surface area contributed by atoms with E-state index in [9.17, 15) is 4.79 Å². The fourth-order valence-corrected chi connectivity index (χ4v) is 3.23. The minimum atomic E-state index is -0.378. The predicted octanol–water partition coefficient (Wildman–Crippen LogP) is 3.23. The van der Waals surface area contributed by atoms with E-state index in [1.807, 2.05) is 34.3 Å². The van der Waals surface area contributed by atoms with Crippen LogP contribution in [-0.4, -0.2) is 15.5 Å². The number of hydrogen-bond donors (Lipinski definition) is 1. The van der Waals surface area contributed by atoms with E-state index in [-0.39, 0.29) is 5.91 Å². The van der Waals surface area contributed by atoms with E-state index in [4.69, 9.17) is 5.73 Å². The molecule has 2 heterocycles. The summed E-state index contributed by atoms with van der Waals surface area (Å²) in [6.45, 7) is 0. The van der Waals surface area contributed by atoms with Gasteiger partial charge in [-0.1, -0.05) is 0 Å². The molecule has 2 N–H and O–H groups in total. The van der Waals surface area contributed by atoms with Gasteiger partial charge in [-0.2, -0.15) is 0 Å². The molecule has 0 saturated carbocycles. The third-order valence-corrected chi connectivity index (χ3v) is 4.79. The number of nitrogens with two attached hydrogens (primary N) is 1. The van der Waals surface area contributed by atoms with Crippen LogP contribution in [0.2, 0.25) is 0 Å². The first-order chi connectivity index (χ1) is 10.1. The molecule has 106 valence electrons. The molecule has 1 amide bonds. The van der Waals surface area contributed by atoms with E-state index < -0.39 is 0 Å². The molecule has 0 spiro atoms. The number of hydrogen-bond acceptors (Lipinski definition) is 3. The summed E-state index contributed by atoms with van der Waals surface area (Å²) in [6, 6.07) is 10.1. The van der Waals surface area contributed by atoms with Crippen molar-refractivity contribution in [1.29, 1.82) is 0 Å². The highest BCUT2D eigenvalue weighted by atomic mass is 127. The fraction of sp³-hybridized carbons (Fsp3) is 0.0667. The summed E-state index contributed by atoms with van der Waals surface area (Å²) < 4.78 is 3.17. The molecule has 0 radical (unpaired) electrons. The Hall–Kier alpha value is -1.67. The van der Waals surface area contributed by atoms with Gasteiger partial charge in [0.25, 0.3) is 5.91 Å². The number of primary amides is 1. The van der Waals surface area contributed by atoms with Crippen LogP contribution < -0.4 is 5.73 Å². The molecule has 21 heavy (non-hydrogen) atoms. The fourth-order valence-electron chi connectivity index (χ4n) is 2.10. The molecule has 0 aliphatic carbocycles. The molecule has 0 aliphatic rings. The van der Waals surface area contributed by atoms with Gasteiger partial charge in [-0.05, 0) is 63.9 Å². The average Bonchev–Trinajstić information content (AvgIpc) is 3.09. The lowest BCUT2D eigenvalue weighted by Gasteiger charge is -2.01. The number of rotatable bonds is 4. The van der Waals surface area contributed by atoms with Gasteiger partial charge in [0.05, 0.1) is 16.9 Å². The molecule has 2 aromatic heterocycles. The highest BCUT2D eigenvalue weighted by Gasteiger charge is 2.11. The van der Waals surface area contributed by atoms with Crippen LogP contribution in [0.3, 0.4) is 0 Å². The number of carbonyl (C=O) groups excluding carboxylic acids is 1. The maximum atomic E-state index is 11.3. The summed E-state index contributed by atoms with van der Waals surface area (Å²) >= 11 is 3.65. The van der Waals surface area contributed by atoms with Crippen molar-refractivity contribution in [1.82, 2.24) is 9.55 Å². The zero-order chi connectivity index (χ0) is 14.8. The largest absolute Gasteiger partial charge is 0.365 e. The summed E-state index contributed by atoms with van der Waals surface area (Å²) in [5, 5.41) is 1.88. The van der Waals surface area contributed by atoms with Gasteiger partial charge in [-0.3, -0.25) is 4.79 Å². The van der Waals surface area contributed by atoms with Crippen molar-refractivity contribution >= 4 is 39.8 Å². The lowest BCUT2D eigenvalue weighted by atomic mass is 10.1. The number of carbonyl (C=O) groups is 1. The van der Waals surface area contributed by atoms with Crippen LogP contribution in [0.4, 0.5) is 0 Å². The lowest BCUT2D eigenvalue weighted by molar-refractivity contribution is 0.100. The number of aromatic nitrogens is 2. The quantitative estimate of drug-likeness (QED) is 0.673. The summed E-state index contributed by atoms with van der Waals surface area (Å²) in [7, 11) is 0. The van der Waals surface area contributed by atoms with E-state index >= 15 is 0 Å². The van der Waals surface area contributed by atoms with Crippen molar-refractivity contribution in [3.05, 3.63) is 67.9 Å². The Labute approximate surface area is 139 Å². The van der Waals surface area contributed by atoms with Gasteiger partial charge in [0, 0.05) is 21.9 Å². The topological polar surface area (TPSA) is 60.9 Å². The number of benzene rings is 1. The Kier molecular flexibility index (Phi) is 4.07. The van der Waals surface area contributed by atoms with Crippen molar-refractivity contribution in [2.75, 3.05) is 0 Å². The Bertz CT molecular complexity index is 776. The highest BCUT2D eigenvalue weighted by molar-refractivity contribution is 14.1. The van der Waals surface area contributed by atoms with Crippen LogP contribution in [0, 0.1) is 3.57 Å². The Morgan fingerprint density at radius 2 is 2.05 bits per heavy atom. The number of halogens is 1. The van der Waals surface area contributed by atoms with Crippen LogP contribution in [0.5, 0.6) is 0 Å². The predicted molar refractivity (Wildman–Crippen MR) is 91.9 cm³/mol. The molecule has 0 bridgehead atoms. The van der Waals surface area contributed by atoms with Gasteiger partial charge in [0.1, 0.15) is 0 Å². The van der Waals surface area contributed by atoms with E-state index in [1.54, 1.807) is 6.33 Å². The standard InChI is InChI=1S/C15H12IN3OS/c16-11-1-3-13(4-2-11)19-8-12(18-9-19)7-10-5-6-21-14(10)15(17)20/h1-6,8-9H,7H2,(H2,17,20). The van der Waals surface area contributed by atoms with Crippen molar-refractivity contribution in [3.63, 3.8) is 0 Å². The van der Waals surface area contributed by atoms with E-state index in [2.05, 4.69) is 39.7 Å². The first-order valence-electron chi connectivity index (χ1n) is 6.28. The molecule has 0 fully saturated rings. The molecule has 0 saturated heterocycles. The zero-order valence-corrected chi connectivity index (χ0v) is 14.0. The van der Waals surface area contributed by atoms with Gasteiger partial charge >= 0.3 is 0 Å². The monoisotopic (exact) mass is 409 g/mol. The summed E-state index contributed by atoms with van der Waals surface area (Å²) in [6.07, 6.45) is 4.37. The van der Waals surface area contributed by atoms with Gasteiger partial charge in [0.15, 0.2) is 0 Å². The normalized spacial score (nSPS) is 10.7.